The van der Waals surface area contributed by atoms with Crippen LogP contribution in [0.5, 0.6) is 0 Å². The smallest absolute Gasteiger partial charge is 0.222 e. The summed E-state index contributed by atoms with van der Waals surface area (Å²) in [4.78, 5) is 13.9. The van der Waals surface area contributed by atoms with Crippen LogP contribution < -0.4 is 5.73 Å². The Kier molecular flexibility index (Phi) is 5.12. The van der Waals surface area contributed by atoms with Gasteiger partial charge in [0.25, 0.3) is 0 Å². The highest BCUT2D eigenvalue weighted by molar-refractivity contribution is 5.76. The van der Waals surface area contributed by atoms with Crippen LogP contribution in [0.15, 0.2) is 24.3 Å². The van der Waals surface area contributed by atoms with E-state index in [-0.39, 0.29) is 17.8 Å². The van der Waals surface area contributed by atoms with Crippen LogP contribution in [0.1, 0.15) is 44.2 Å². The quantitative estimate of drug-likeness (QED) is 0.920. The van der Waals surface area contributed by atoms with E-state index in [2.05, 4.69) is 6.92 Å². The zero-order valence-electron chi connectivity index (χ0n) is 12.0. The van der Waals surface area contributed by atoms with Crippen molar-refractivity contribution in [3.8, 4) is 0 Å². The summed E-state index contributed by atoms with van der Waals surface area (Å²) in [5, 5.41) is 0. The molecule has 1 heterocycles. The maximum Gasteiger partial charge on any atom is 0.222 e. The molecule has 0 aliphatic carbocycles. The first-order valence-corrected chi connectivity index (χ1v) is 7.39. The summed E-state index contributed by atoms with van der Waals surface area (Å²) in [5.41, 5.74) is 6.86. The number of benzene rings is 1. The molecule has 1 aliphatic heterocycles. The van der Waals surface area contributed by atoms with Crippen molar-refractivity contribution in [3.63, 3.8) is 0 Å². The van der Waals surface area contributed by atoms with E-state index in [9.17, 15) is 9.18 Å². The lowest BCUT2D eigenvalue weighted by molar-refractivity contribution is -0.130. The number of hydrogen-bond acceptors (Lipinski definition) is 2. The predicted octanol–water partition coefficient (Wildman–Crippen LogP) is 2.86. The topological polar surface area (TPSA) is 46.3 Å². The van der Waals surface area contributed by atoms with Crippen LogP contribution in [0, 0.1) is 11.7 Å². The highest BCUT2D eigenvalue weighted by Crippen LogP contribution is 2.22. The van der Waals surface area contributed by atoms with Crippen LogP contribution in [-0.4, -0.2) is 23.9 Å². The fraction of sp³-hybridized carbons (Fsp3) is 0.562. The van der Waals surface area contributed by atoms with Gasteiger partial charge >= 0.3 is 0 Å². The summed E-state index contributed by atoms with van der Waals surface area (Å²) < 4.78 is 13.2. The maximum absolute atomic E-state index is 13.2. The summed E-state index contributed by atoms with van der Waals surface area (Å²) in [7, 11) is 0. The zero-order chi connectivity index (χ0) is 14.5. The number of hydrogen-bond donors (Lipinski definition) is 1. The molecule has 0 aromatic heterocycles. The Bertz CT molecular complexity index is 464. The zero-order valence-corrected chi connectivity index (χ0v) is 12.0. The Labute approximate surface area is 120 Å². The van der Waals surface area contributed by atoms with Crippen molar-refractivity contribution in [2.75, 3.05) is 13.1 Å². The van der Waals surface area contributed by atoms with Crippen LogP contribution in [0.4, 0.5) is 4.39 Å². The van der Waals surface area contributed by atoms with Crippen molar-refractivity contribution in [2.24, 2.45) is 11.7 Å². The molecule has 2 rings (SSSR count). The van der Waals surface area contributed by atoms with Gasteiger partial charge in [-0.3, -0.25) is 4.79 Å². The van der Waals surface area contributed by atoms with Crippen molar-refractivity contribution < 1.29 is 9.18 Å². The highest BCUT2D eigenvalue weighted by Gasteiger charge is 2.23. The van der Waals surface area contributed by atoms with E-state index in [1.807, 2.05) is 11.0 Å². The molecule has 2 atom stereocenters. The molecule has 1 fully saturated rings. The Balaban J connectivity index is 1.99. The maximum atomic E-state index is 13.2. The molecule has 20 heavy (non-hydrogen) atoms. The normalized spacial score (nSPS) is 21.6. The van der Waals surface area contributed by atoms with Gasteiger partial charge in [-0.2, -0.15) is 0 Å². The van der Waals surface area contributed by atoms with Crippen LogP contribution >= 0.6 is 0 Å². The summed E-state index contributed by atoms with van der Waals surface area (Å²) in [6, 6.07) is 5.99. The van der Waals surface area contributed by atoms with Gasteiger partial charge in [0.1, 0.15) is 5.82 Å². The number of carbonyl (C=O) groups is 1. The van der Waals surface area contributed by atoms with Crippen molar-refractivity contribution in [3.05, 3.63) is 35.6 Å². The van der Waals surface area contributed by atoms with Gasteiger partial charge in [0.2, 0.25) is 5.91 Å². The van der Waals surface area contributed by atoms with Crippen molar-refractivity contribution in [1.82, 2.24) is 4.90 Å². The van der Waals surface area contributed by atoms with Gasteiger partial charge in [-0.25, -0.2) is 4.39 Å². The second-order valence-corrected chi connectivity index (χ2v) is 5.60. The third-order valence-electron chi connectivity index (χ3n) is 4.20. The lowest BCUT2D eigenvalue weighted by Crippen LogP contribution is -2.36. The number of likely N-dealkylation sites (tertiary alicyclic amines) is 1. The molecule has 4 heteroatoms. The number of halogens is 1. The molecule has 0 spiro atoms. The number of rotatable bonds is 4. The third kappa shape index (κ3) is 3.79. The first-order valence-electron chi connectivity index (χ1n) is 7.39. The fourth-order valence-electron chi connectivity index (χ4n) is 2.77. The monoisotopic (exact) mass is 278 g/mol. The molecule has 2 N–H and O–H groups in total. The Morgan fingerprint density at radius 2 is 2.25 bits per heavy atom. The molecule has 1 aliphatic rings. The third-order valence-corrected chi connectivity index (χ3v) is 4.20. The summed E-state index contributed by atoms with van der Waals surface area (Å²) >= 11 is 0. The molecule has 0 bridgehead atoms. The Morgan fingerprint density at radius 1 is 1.45 bits per heavy atom. The van der Waals surface area contributed by atoms with Gasteiger partial charge in [-0.05, 0) is 36.5 Å². The van der Waals surface area contributed by atoms with Crippen molar-refractivity contribution in [1.29, 1.82) is 0 Å². The van der Waals surface area contributed by atoms with E-state index in [1.165, 1.54) is 12.1 Å². The molecule has 3 nitrogen and oxygen atoms in total. The van der Waals surface area contributed by atoms with E-state index in [0.29, 0.717) is 18.9 Å². The van der Waals surface area contributed by atoms with Crippen LogP contribution in [0.2, 0.25) is 0 Å². The fourth-order valence-corrected chi connectivity index (χ4v) is 2.77. The van der Waals surface area contributed by atoms with Crippen molar-refractivity contribution >= 4 is 5.91 Å². The first kappa shape index (κ1) is 15.0. The van der Waals surface area contributed by atoms with Gasteiger partial charge in [0, 0.05) is 25.6 Å². The molecule has 0 saturated carbocycles. The van der Waals surface area contributed by atoms with Crippen molar-refractivity contribution in [2.45, 2.75) is 38.6 Å². The molecule has 2 unspecified atom stereocenters. The average molecular weight is 278 g/mol. The van der Waals surface area contributed by atoms with Crippen LogP contribution in [-0.2, 0) is 4.79 Å². The number of carbonyl (C=O) groups excluding carboxylic acids is 1. The first-order chi connectivity index (χ1) is 9.60. The van der Waals surface area contributed by atoms with Gasteiger partial charge < -0.3 is 10.6 Å². The minimum atomic E-state index is -0.326. The van der Waals surface area contributed by atoms with E-state index in [0.717, 1.165) is 31.4 Å². The van der Waals surface area contributed by atoms with Crippen LogP contribution in [0.3, 0.4) is 0 Å². The number of nitrogens with zero attached hydrogens (tertiary/aromatic N) is 1. The second-order valence-electron chi connectivity index (χ2n) is 5.60. The van der Waals surface area contributed by atoms with Gasteiger partial charge in [0.05, 0.1) is 0 Å². The number of nitrogens with two attached hydrogens (primary N) is 1. The van der Waals surface area contributed by atoms with E-state index in [1.54, 1.807) is 6.07 Å². The molecule has 1 aromatic carbocycles. The number of amides is 1. The van der Waals surface area contributed by atoms with Gasteiger partial charge in [-0.1, -0.05) is 25.5 Å². The van der Waals surface area contributed by atoms with Gasteiger partial charge in [0.15, 0.2) is 0 Å². The van der Waals surface area contributed by atoms with E-state index in [4.69, 9.17) is 5.73 Å². The minimum absolute atomic E-state index is 0.174. The molecular formula is C16H23FN2O. The van der Waals surface area contributed by atoms with E-state index >= 15 is 0 Å². The molecule has 0 radical (unpaired) electrons. The molecule has 1 amide bonds. The average Bonchev–Trinajstić information content (AvgIpc) is 2.62. The Morgan fingerprint density at radius 3 is 2.95 bits per heavy atom. The SMILES string of the molecule is CCC1CCC(=O)N(CC(N)c2cccc(F)c2)CC1. The van der Waals surface area contributed by atoms with E-state index < -0.39 is 0 Å². The van der Waals surface area contributed by atoms with Gasteiger partial charge in [-0.15, -0.1) is 0 Å². The summed E-state index contributed by atoms with van der Waals surface area (Å²) in [5.74, 6) is 0.522. The summed E-state index contributed by atoms with van der Waals surface area (Å²) in [6.45, 7) is 3.41. The lowest BCUT2D eigenvalue weighted by atomic mass is 9.98. The lowest BCUT2D eigenvalue weighted by Gasteiger charge is -2.25. The summed E-state index contributed by atoms with van der Waals surface area (Å²) in [6.07, 6.45) is 3.74. The minimum Gasteiger partial charge on any atom is -0.341 e. The Hall–Kier alpha value is -1.42. The predicted molar refractivity (Wildman–Crippen MR) is 77.5 cm³/mol. The molecule has 110 valence electrons. The standard InChI is InChI=1S/C16H23FN2O/c1-2-12-6-7-16(20)19(9-8-12)11-15(18)13-4-3-5-14(17)10-13/h3-5,10,12,15H,2,6-9,11,18H2,1H3. The molecule has 1 aromatic rings. The second kappa shape index (κ2) is 6.84. The largest absolute Gasteiger partial charge is 0.341 e. The highest BCUT2D eigenvalue weighted by atomic mass is 19.1. The van der Waals surface area contributed by atoms with Crippen LogP contribution in [0.25, 0.3) is 0 Å². The molecule has 1 saturated heterocycles. The molecular weight excluding hydrogens is 255 g/mol.